The number of hydrogen-bond acceptors (Lipinski definition) is 4. The molecule has 0 radical (unpaired) electrons. The molecule has 1 amide bonds. The molecular weight excluding hydrogens is 226 g/mol. The van der Waals surface area contributed by atoms with Gasteiger partial charge in [-0.2, -0.15) is 0 Å². The van der Waals surface area contributed by atoms with E-state index >= 15 is 0 Å². The Bertz CT molecular complexity index is 405. The minimum Gasteiger partial charge on any atom is -0.480 e. The van der Waals surface area contributed by atoms with Crippen molar-refractivity contribution in [1.82, 2.24) is 0 Å². The Kier molecular flexibility index (Phi) is 4.80. The molecule has 0 saturated heterocycles. The third-order valence-electron chi connectivity index (χ3n) is 1.75. The largest absolute Gasteiger partial charge is 0.480 e. The van der Waals surface area contributed by atoms with Gasteiger partial charge in [0.1, 0.15) is 5.75 Å². The monoisotopic (exact) mass is 239 g/mol. The fourth-order valence-electron chi connectivity index (χ4n) is 1.11. The van der Waals surface area contributed by atoms with Crippen LogP contribution in [-0.4, -0.2) is 30.4 Å². The minimum atomic E-state index is -1.09. The molecule has 0 heterocycles. The Morgan fingerprint density at radius 2 is 2.06 bits per heavy atom. The van der Waals surface area contributed by atoms with Gasteiger partial charge in [0, 0.05) is 0 Å². The van der Waals surface area contributed by atoms with Crippen molar-refractivity contribution in [3.05, 3.63) is 24.3 Å². The van der Waals surface area contributed by atoms with E-state index in [1.165, 1.54) is 0 Å². The van der Waals surface area contributed by atoms with E-state index in [1.807, 2.05) is 0 Å². The second-order valence-electron chi connectivity index (χ2n) is 3.02. The SMILES string of the molecule is CCOC(=O)Nc1ccccc1OCC(=O)O. The molecule has 1 aromatic rings. The van der Waals surface area contributed by atoms with Gasteiger partial charge in [-0.25, -0.2) is 9.59 Å². The summed E-state index contributed by atoms with van der Waals surface area (Å²) < 4.78 is 9.71. The Balaban J connectivity index is 2.70. The summed E-state index contributed by atoms with van der Waals surface area (Å²) in [5.41, 5.74) is 0.368. The zero-order chi connectivity index (χ0) is 12.7. The van der Waals surface area contributed by atoms with Crippen molar-refractivity contribution < 1.29 is 24.2 Å². The molecule has 6 heteroatoms. The van der Waals surface area contributed by atoms with Crippen LogP contribution in [0.5, 0.6) is 5.75 Å². The van der Waals surface area contributed by atoms with Crippen molar-refractivity contribution in [3.8, 4) is 5.75 Å². The second-order valence-corrected chi connectivity index (χ2v) is 3.02. The molecule has 1 aromatic carbocycles. The first kappa shape index (κ1) is 12.8. The first-order chi connectivity index (χ1) is 8.13. The van der Waals surface area contributed by atoms with Gasteiger partial charge in [0.05, 0.1) is 12.3 Å². The predicted octanol–water partition coefficient (Wildman–Crippen LogP) is 1.72. The quantitative estimate of drug-likeness (QED) is 0.817. The molecule has 17 heavy (non-hydrogen) atoms. The number of amides is 1. The number of carboxylic acid groups (broad SMARTS) is 1. The number of carbonyl (C=O) groups is 2. The van der Waals surface area contributed by atoms with E-state index in [2.05, 4.69) is 5.32 Å². The molecule has 0 aromatic heterocycles. The lowest BCUT2D eigenvalue weighted by molar-refractivity contribution is -0.139. The molecule has 0 saturated carbocycles. The number of ether oxygens (including phenoxy) is 2. The number of carboxylic acids is 1. The summed E-state index contributed by atoms with van der Waals surface area (Å²) >= 11 is 0. The highest BCUT2D eigenvalue weighted by molar-refractivity contribution is 5.86. The van der Waals surface area contributed by atoms with Gasteiger partial charge in [0.25, 0.3) is 0 Å². The molecular formula is C11H13NO5. The number of para-hydroxylation sites is 2. The van der Waals surface area contributed by atoms with Crippen LogP contribution < -0.4 is 10.1 Å². The van der Waals surface area contributed by atoms with Gasteiger partial charge in [-0.1, -0.05) is 12.1 Å². The topological polar surface area (TPSA) is 84.9 Å². The highest BCUT2D eigenvalue weighted by Gasteiger charge is 2.08. The fraction of sp³-hybridized carbons (Fsp3) is 0.273. The summed E-state index contributed by atoms with van der Waals surface area (Å²) in [5.74, 6) is -0.807. The highest BCUT2D eigenvalue weighted by atomic mass is 16.5. The number of rotatable bonds is 5. The van der Waals surface area contributed by atoms with Crippen LogP contribution in [0.3, 0.4) is 0 Å². The van der Waals surface area contributed by atoms with Crippen LogP contribution in [0.1, 0.15) is 6.92 Å². The molecule has 6 nitrogen and oxygen atoms in total. The fourth-order valence-corrected chi connectivity index (χ4v) is 1.11. The number of hydrogen-bond donors (Lipinski definition) is 2. The van der Waals surface area contributed by atoms with Crippen molar-refractivity contribution >= 4 is 17.7 Å². The van der Waals surface area contributed by atoms with Gasteiger partial charge in [0.15, 0.2) is 6.61 Å². The van der Waals surface area contributed by atoms with E-state index in [9.17, 15) is 9.59 Å². The number of nitrogens with one attached hydrogen (secondary N) is 1. The van der Waals surface area contributed by atoms with Crippen LogP contribution in [0, 0.1) is 0 Å². The normalized spacial score (nSPS) is 9.47. The lowest BCUT2D eigenvalue weighted by Crippen LogP contribution is -2.15. The van der Waals surface area contributed by atoms with Crippen molar-refractivity contribution in [2.24, 2.45) is 0 Å². The van der Waals surface area contributed by atoms with Gasteiger partial charge in [-0.3, -0.25) is 5.32 Å². The zero-order valence-corrected chi connectivity index (χ0v) is 9.30. The van der Waals surface area contributed by atoms with Crippen molar-refractivity contribution in [2.75, 3.05) is 18.5 Å². The number of benzene rings is 1. The molecule has 0 aliphatic rings. The smallest absolute Gasteiger partial charge is 0.411 e. The lowest BCUT2D eigenvalue weighted by atomic mass is 10.3. The van der Waals surface area contributed by atoms with Crippen LogP contribution in [0.25, 0.3) is 0 Å². The molecule has 0 spiro atoms. The Hall–Kier alpha value is -2.24. The molecule has 92 valence electrons. The number of anilines is 1. The molecule has 0 atom stereocenters. The van der Waals surface area contributed by atoms with Gasteiger partial charge >= 0.3 is 12.1 Å². The van der Waals surface area contributed by atoms with Gasteiger partial charge in [-0.15, -0.1) is 0 Å². The third kappa shape index (κ3) is 4.42. The van der Waals surface area contributed by atoms with E-state index in [1.54, 1.807) is 31.2 Å². The summed E-state index contributed by atoms with van der Waals surface area (Å²) in [5, 5.41) is 11.0. The van der Waals surface area contributed by atoms with E-state index in [0.717, 1.165) is 0 Å². The molecule has 0 bridgehead atoms. The van der Waals surface area contributed by atoms with Crippen molar-refractivity contribution in [3.63, 3.8) is 0 Å². The molecule has 0 aliphatic carbocycles. The average Bonchev–Trinajstić information content (AvgIpc) is 2.28. The minimum absolute atomic E-state index is 0.254. The zero-order valence-electron chi connectivity index (χ0n) is 9.30. The Morgan fingerprint density at radius 3 is 2.71 bits per heavy atom. The van der Waals surface area contributed by atoms with Crippen LogP contribution >= 0.6 is 0 Å². The van der Waals surface area contributed by atoms with Gasteiger partial charge in [0.2, 0.25) is 0 Å². The molecule has 1 rings (SSSR count). The van der Waals surface area contributed by atoms with Crippen LogP contribution in [0.4, 0.5) is 10.5 Å². The summed E-state index contributed by atoms with van der Waals surface area (Å²) in [6.45, 7) is 1.47. The van der Waals surface area contributed by atoms with E-state index in [-0.39, 0.29) is 12.4 Å². The second kappa shape index (κ2) is 6.37. The number of carbonyl (C=O) groups excluding carboxylic acids is 1. The standard InChI is InChI=1S/C11H13NO5/c1-2-16-11(15)12-8-5-3-4-6-9(8)17-7-10(13)14/h3-6H,2,7H2,1H3,(H,12,15)(H,13,14). The maximum atomic E-state index is 11.2. The molecule has 0 unspecified atom stereocenters. The van der Waals surface area contributed by atoms with Crippen LogP contribution in [-0.2, 0) is 9.53 Å². The molecule has 0 aliphatic heterocycles. The first-order valence-electron chi connectivity index (χ1n) is 5.01. The first-order valence-corrected chi connectivity index (χ1v) is 5.01. The van der Waals surface area contributed by atoms with E-state index in [4.69, 9.17) is 14.6 Å². The molecule has 2 N–H and O–H groups in total. The molecule has 0 fully saturated rings. The summed E-state index contributed by atoms with van der Waals surface area (Å²) in [6.07, 6.45) is -0.612. The van der Waals surface area contributed by atoms with Crippen LogP contribution in [0.2, 0.25) is 0 Å². The third-order valence-corrected chi connectivity index (χ3v) is 1.75. The average molecular weight is 239 g/mol. The summed E-state index contributed by atoms with van der Waals surface area (Å²) in [6, 6.07) is 6.52. The Labute approximate surface area is 98.2 Å². The summed E-state index contributed by atoms with van der Waals surface area (Å²) in [7, 11) is 0. The lowest BCUT2D eigenvalue weighted by Gasteiger charge is -2.10. The van der Waals surface area contributed by atoms with Crippen molar-refractivity contribution in [2.45, 2.75) is 6.92 Å². The maximum Gasteiger partial charge on any atom is 0.411 e. The highest BCUT2D eigenvalue weighted by Crippen LogP contribution is 2.23. The Morgan fingerprint density at radius 1 is 1.35 bits per heavy atom. The summed E-state index contributed by atoms with van der Waals surface area (Å²) in [4.78, 5) is 21.6. The van der Waals surface area contributed by atoms with Gasteiger partial charge < -0.3 is 14.6 Å². The van der Waals surface area contributed by atoms with Gasteiger partial charge in [-0.05, 0) is 19.1 Å². The van der Waals surface area contributed by atoms with E-state index < -0.39 is 18.7 Å². The van der Waals surface area contributed by atoms with Crippen molar-refractivity contribution in [1.29, 1.82) is 0 Å². The maximum absolute atomic E-state index is 11.2. The number of aliphatic carboxylic acids is 1. The van der Waals surface area contributed by atoms with Crippen LogP contribution in [0.15, 0.2) is 24.3 Å². The van der Waals surface area contributed by atoms with E-state index in [0.29, 0.717) is 5.69 Å². The predicted molar refractivity (Wildman–Crippen MR) is 60.2 cm³/mol.